The lowest BCUT2D eigenvalue weighted by atomic mass is 10.2. The van der Waals surface area contributed by atoms with Crippen molar-refractivity contribution in [3.05, 3.63) is 76.8 Å². The van der Waals surface area contributed by atoms with Gasteiger partial charge in [0.25, 0.3) is 5.91 Å². The van der Waals surface area contributed by atoms with Crippen molar-refractivity contribution in [1.29, 1.82) is 0 Å². The van der Waals surface area contributed by atoms with E-state index in [1.165, 1.54) is 0 Å². The second-order valence-electron chi connectivity index (χ2n) is 4.37. The van der Waals surface area contributed by atoms with Crippen LogP contribution in [-0.4, -0.2) is 18.7 Å². The highest BCUT2D eigenvalue weighted by molar-refractivity contribution is 9.10. The molecule has 1 N–H and O–H groups in total. The highest BCUT2D eigenvalue weighted by atomic mass is 79.9. The molecule has 0 aliphatic rings. The van der Waals surface area contributed by atoms with E-state index in [0.717, 1.165) is 10.0 Å². The number of hydrogen-bond acceptors (Lipinski definition) is 3. The summed E-state index contributed by atoms with van der Waals surface area (Å²) in [5, 5.41) is 3.94. The van der Waals surface area contributed by atoms with Crippen molar-refractivity contribution in [2.24, 2.45) is 5.10 Å². The van der Waals surface area contributed by atoms with Crippen molar-refractivity contribution in [1.82, 2.24) is 5.43 Å². The van der Waals surface area contributed by atoms with Gasteiger partial charge in [-0.15, -0.1) is 0 Å². The fourth-order valence-corrected chi connectivity index (χ4v) is 1.90. The molecule has 22 heavy (non-hydrogen) atoms. The molecule has 0 aromatic heterocycles. The number of nitrogens with zero attached hydrogens (tertiary/aromatic N) is 1. The summed E-state index contributed by atoms with van der Waals surface area (Å²) in [6, 6.07) is 14.4. The van der Waals surface area contributed by atoms with Gasteiger partial charge in [-0.1, -0.05) is 40.7 Å². The van der Waals surface area contributed by atoms with E-state index in [1.54, 1.807) is 36.6 Å². The maximum Gasteiger partial charge on any atom is 0.271 e. The molecule has 1 amide bonds. The number of hydrazone groups is 1. The van der Waals surface area contributed by atoms with E-state index in [9.17, 15) is 4.79 Å². The van der Waals surface area contributed by atoms with Gasteiger partial charge in [0.05, 0.1) is 6.21 Å². The standard InChI is InChI=1S/C17H15BrN2O2/c1-2-11-22-16-9-5-14(6-10-16)17(21)20-19-12-13-3-7-15(18)8-4-13/h2-10,12H,1,11H2,(H,20,21). The molecule has 0 radical (unpaired) electrons. The van der Waals surface area contributed by atoms with Gasteiger partial charge < -0.3 is 4.74 Å². The normalized spacial score (nSPS) is 10.4. The number of hydrogen-bond donors (Lipinski definition) is 1. The fourth-order valence-electron chi connectivity index (χ4n) is 1.64. The SMILES string of the molecule is C=CCOc1ccc(C(=O)NN=Cc2ccc(Br)cc2)cc1. The van der Waals surface area contributed by atoms with Gasteiger partial charge >= 0.3 is 0 Å². The molecule has 4 nitrogen and oxygen atoms in total. The monoisotopic (exact) mass is 358 g/mol. The molecule has 0 aliphatic heterocycles. The first-order valence-electron chi connectivity index (χ1n) is 6.62. The Bertz CT molecular complexity index is 664. The van der Waals surface area contributed by atoms with Gasteiger partial charge in [0, 0.05) is 10.0 Å². The molecule has 0 unspecified atom stereocenters. The summed E-state index contributed by atoms with van der Waals surface area (Å²) in [7, 11) is 0. The number of nitrogens with one attached hydrogen (secondary N) is 1. The van der Waals surface area contributed by atoms with Crippen LogP contribution in [0.4, 0.5) is 0 Å². The lowest BCUT2D eigenvalue weighted by molar-refractivity contribution is 0.0955. The van der Waals surface area contributed by atoms with Crippen LogP contribution in [0.1, 0.15) is 15.9 Å². The molecule has 0 saturated heterocycles. The summed E-state index contributed by atoms with van der Waals surface area (Å²) < 4.78 is 6.35. The van der Waals surface area contributed by atoms with E-state index in [0.29, 0.717) is 17.9 Å². The van der Waals surface area contributed by atoms with Crippen LogP contribution in [0, 0.1) is 0 Å². The Balaban J connectivity index is 1.91. The molecule has 0 atom stereocenters. The zero-order valence-corrected chi connectivity index (χ0v) is 13.4. The topological polar surface area (TPSA) is 50.7 Å². The lowest BCUT2D eigenvalue weighted by Crippen LogP contribution is -2.17. The number of halogens is 1. The van der Waals surface area contributed by atoms with E-state index < -0.39 is 0 Å². The number of carbonyl (C=O) groups is 1. The highest BCUT2D eigenvalue weighted by Gasteiger charge is 2.04. The van der Waals surface area contributed by atoms with Gasteiger partial charge in [0.15, 0.2) is 0 Å². The summed E-state index contributed by atoms with van der Waals surface area (Å²) in [6.45, 7) is 4.01. The molecule has 0 fully saturated rings. The number of carbonyl (C=O) groups excluding carboxylic acids is 1. The lowest BCUT2D eigenvalue weighted by Gasteiger charge is -2.04. The largest absolute Gasteiger partial charge is 0.490 e. The first kappa shape index (κ1) is 16.0. The molecular weight excluding hydrogens is 344 g/mol. The van der Waals surface area contributed by atoms with Gasteiger partial charge in [-0.25, -0.2) is 5.43 Å². The van der Waals surface area contributed by atoms with Crippen LogP contribution in [0.2, 0.25) is 0 Å². The first-order chi connectivity index (χ1) is 10.7. The molecule has 0 spiro atoms. The Morgan fingerprint density at radius 2 is 1.86 bits per heavy atom. The number of benzene rings is 2. The zero-order valence-electron chi connectivity index (χ0n) is 11.8. The van der Waals surface area contributed by atoms with Crippen molar-refractivity contribution < 1.29 is 9.53 Å². The van der Waals surface area contributed by atoms with Gasteiger partial charge in [0.2, 0.25) is 0 Å². The predicted octanol–water partition coefficient (Wildman–Crippen LogP) is 3.78. The van der Waals surface area contributed by atoms with Crippen molar-refractivity contribution in [2.45, 2.75) is 0 Å². The third-order valence-electron chi connectivity index (χ3n) is 2.73. The van der Waals surface area contributed by atoms with Crippen molar-refractivity contribution in [2.75, 3.05) is 6.61 Å². The molecule has 0 saturated carbocycles. The fraction of sp³-hybridized carbons (Fsp3) is 0.0588. The highest BCUT2D eigenvalue weighted by Crippen LogP contribution is 2.12. The Morgan fingerprint density at radius 1 is 1.18 bits per heavy atom. The molecule has 2 rings (SSSR count). The van der Waals surface area contributed by atoms with Crippen LogP contribution < -0.4 is 10.2 Å². The second-order valence-corrected chi connectivity index (χ2v) is 5.29. The molecule has 0 aliphatic carbocycles. The number of amides is 1. The summed E-state index contributed by atoms with van der Waals surface area (Å²) >= 11 is 3.36. The number of rotatable bonds is 6. The van der Waals surface area contributed by atoms with Crippen LogP contribution in [0.3, 0.4) is 0 Å². The van der Waals surface area contributed by atoms with Crippen molar-refractivity contribution in [3.8, 4) is 5.75 Å². The summed E-state index contributed by atoms with van der Waals surface area (Å²) in [5.41, 5.74) is 3.90. The average Bonchev–Trinajstić information content (AvgIpc) is 2.55. The van der Waals surface area contributed by atoms with E-state index in [4.69, 9.17) is 4.74 Å². The molecule has 2 aromatic carbocycles. The minimum absolute atomic E-state index is 0.274. The summed E-state index contributed by atoms with van der Waals surface area (Å²) in [6.07, 6.45) is 3.25. The van der Waals surface area contributed by atoms with Crippen LogP contribution >= 0.6 is 15.9 Å². The maximum absolute atomic E-state index is 11.9. The van der Waals surface area contributed by atoms with E-state index in [2.05, 4.69) is 33.0 Å². The minimum Gasteiger partial charge on any atom is -0.490 e. The predicted molar refractivity (Wildman–Crippen MR) is 91.3 cm³/mol. The minimum atomic E-state index is -0.274. The molecule has 5 heteroatoms. The summed E-state index contributed by atoms with van der Waals surface area (Å²) in [5.74, 6) is 0.415. The quantitative estimate of drug-likeness (QED) is 0.485. The van der Waals surface area contributed by atoms with Gasteiger partial charge in [0.1, 0.15) is 12.4 Å². The van der Waals surface area contributed by atoms with Crippen LogP contribution in [0.5, 0.6) is 5.75 Å². The Hall–Kier alpha value is -2.40. The third kappa shape index (κ3) is 4.86. The zero-order chi connectivity index (χ0) is 15.8. The Morgan fingerprint density at radius 3 is 2.50 bits per heavy atom. The Kier molecular flexibility index (Phi) is 5.91. The van der Waals surface area contributed by atoms with Crippen molar-refractivity contribution in [3.63, 3.8) is 0 Å². The summed E-state index contributed by atoms with van der Waals surface area (Å²) in [4.78, 5) is 11.9. The average molecular weight is 359 g/mol. The van der Waals surface area contributed by atoms with E-state index >= 15 is 0 Å². The first-order valence-corrected chi connectivity index (χ1v) is 7.41. The molecule has 0 bridgehead atoms. The second kappa shape index (κ2) is 8.14. The van der Waals surface area contributed by atoms with Crippen LogP contribution in [0.25, 0.3) is 0 Å². The van der Waals surface area contributed by atoms with Gasteiger partial charge in [-0.2, -0.15) is 5.10 Å². The van der Waals surface area contributed by atoms with E-state index in [1.807, 2.05) is 24.3 Å². The van der Waals surface area contributed by atoms with Crippen LogP contribution in [0.15, 0.2) is 70.8 Å². The van der Waals surface area contributed by atoms with Crippen molar-refractivity contribution >= 4 is 28.1 Å². The smallest absolute Gasteiger partial charge is 0.271 e. The van der Waals surface area contributed by atoms with Gasteiger partial charge in [-0.05, 0) is 42.0 Å². The maximum atomic E-state index is 11.9. The Labute approximate surface area is 137 Å². The molecular formula is C17H15BrN2O2. The third-order valence-corrected chi connectivity index (χ3v) is 3.26. The molecule has 0 heterocycles. The molecule has 112 valence electrons. The van der Waals surface area contributed by atoms with Gasteiger partial charge in [-0.3, -0.25) is 4.79 Å². The van der Waals surface area contributed by atoms with E-state index in [-0.39, 0.29) is 5.91 Å². The number of ether oxygens (including phenoxy) is 1. The van der Waals surface area contributed by atoms with Crippen LogP contribution in [-0.2, 0) is 0 Å². The molecule has 2 aromatic rings.